The number of hydrogen-bond donors (Lipinski definition) is 1. The first-order valence-electron chi connectivity index (χ1n) is 7.73. The average molecular weight is 310 g/mol. The van der Waals surface area contributed by atoms with E-state index in [1.165, 1.54) is 0 Å². The summed E-state index contributed by atoms with van der Waals surface area (Å²) in [5.41, 5.74) is 0.669. The van der Waals surface area contributed by atoms with Gasteiger partial charge in [-0.05, 0) is 43.2 Å². The minimum Gasteiger partial charge on any atom is -0.387 e. The first kappa shape index (κ1) is 16.3. The van der Waals surface area contributed by atoms with Crippen molar-refractivity contribution < 1.29 is 8.42 Å². The fraction of sp³-hybridized carbons (Fsp3) is 0.625. The number of nitrogens with zero attached hydrogens (tertiary/aromatic N) is 1. The van der Waals surface area contributed by atoms with Gasteiger partial charge in [0.2, 0.25) is 10.0 Å². The lowest BCUT2D eigenvalue weighted by Crippen LogP contribution is -2.32. The Kier molecular flexibility index (Phi) is 5.27. The molecule has 5 heteroatoms. The summed E-state index contributed by atoms with van der Waals surface area (Å²) in [6, 6.07) is 7.12. The second kappa shape index (κ2) is 6.79. The van der Waals surface area contributed by atoms with E-state index in [-0.39, 0.29) is 0 Å². The molecule has 1 unspecified atom stereocenters. The molecule has 1 N–H and O–H groups in total. The van der Waals surface area contributed by atoms with Gasteiger partial charge in [0, 0.05) is 20.1 Å². The fourth-order valence-electron chi connectivity index (χ4n) is 3.04. The van der Waals surface area contributed by atoms with Crippen molar-refractivity contribution >= 4 is 15.7 Å². The number of nitrogens with one attached hydrogen (secondary N) is 1. The molecule has 1 heterocycles. The van der Waals surface area contributed by atoms with Crippen LogP contribution in [0.5, 0.6) is 0 Å². The highest BCUT2D eigenvalue weighted by molar-refractivity contribution is 7.89. The standard InChI is InChI=1S/C16H26N2O2S/c1-13(2)14-7-6-11-18(12-10-14)21(19,20)16-9-5-4-8-15(16)17-3/h4-5,8-9,13-14,17H,6-7,10-12H2,1-3H3. The van der Waals surface area contributed by atoms with Crippen LogP contribution in [0.25, 0.3) is 0 Å². The Morgan fingerprint density at radius 2 is 1.90 bits per heavy atom. The van der Waals surface area contributed by atoms with Crippen LogP contribution in [0.3, 0.4) is 0 Å². The molecule has 0 aromatic heterocycles. The zero-order valence-corrected chi connectivity index (χ0v) is 14.0. The van der Waals surface area contributed by atoms with Gasteiger partial charge < -0.3 is 5.32 Å². The maximum atomic E-state index is 12.9. The van der Waals surface area contributed by atoms with E-state index in [2.05, 4.69) is 19.2 Å². The molecule has 1 aromatic rings. The van der Waals surface area contributed by atoms with Crippen molar-refractivity contribution in [2.45, 2.75) is 38.0 Å². The lowest BCUT2D eigenvalue weighted by atomic mass is 9.89. The molecular weight excluding hydrogens is 284 g/mol. The maximum absolute atomic E-state index is 12.9. The number of sulfonamides is 1. The Bertz CT molecular complexity index is 569. The summed E-state index contributed by atoms with van der Waals surface area (Å²) in [5.74, 6) is 1.25. The van der Waals surface area contributed by atoms with Crippen LogP contribution in [-0.2, 0) is 10.0 Å². The first-order chi connectivity index (χ1) is 9.96. The van der Waals surface area contributed by atoms with Gasteiger partial charge in [-0.3, -0.25) is 0 Å². The second-order valence-electron chi connectivity index (χ2n) is 6.09. The van der Waals surface area contributed by atoms with Crippen LogP contribution in [0.1, 0.15) is 33.1 Å². The topological polar surface area (TPSA) is 49.4 Å². The van der Waals surface area contributed by atoms with E-state index in [1.54, 1.807) is 23.5 Å². The fourth-order valence-corrected chi connectivity index (χ4v) is 4.73. The van der Waals surface area contributed by atoms with E-state index < -0.39 is 10.0 Å². The summed E-state index contributed by atoms with van der Waals surface area (Å²) in [5, 5.41) is 2.98. The summed E-state index contributed by atoms with van der Waals surface area (Å²) < 4.78 is 27.4. The zero-order chi connectivity index (χ0) is 15.5. The van der Waals surface area contributed by atoms with Crippen molar-refractivity contribution in [3.63, 3.8) is 0 Å². The largest absolute Gasteiger partial charge is 0.387 e. The van der Waals surface area contributed by atoms with Crippen molar-refractivity contribution in [3.05, 3.63) is 24.3 Å². The Balaban J connectivity index is 2.23. The van der Waals surface area contributed by atoms with Gasteiger partial charge in [0.05, 0.1) is 5.69 Å². The zero-order valence-electron chi connectivity index (χ0n) is 13.2. The van der Waals surface area contributed by atoms with Gasteiger partial charge in [-0.15, -0.1) is 0 Å². The van der Waals surface area contributed by atoms with E-state index in [1.807, 2.05) is 12.1 Å². The molecule has 1 saturated heterocycles. The third kappa shape index (κ3) is 3.58. The Morgan fingerprint density at radius 3 is 2.57 bits per heavy atom. The Hall–Kier alpha value is -1.07. The van der Waals surface area contributed by atoms with Crippen LogP contribution in [-0.4, -0.2) is 32.9 Å². The Morgan fingerprint density at radius 1 is 1.19 bits per heavy atom. The molecule has 1 fully saturated rings. The third-order valence-electron chi connectivity index (χ3n) is 4.45. The van der Waals surface area contributed by atoms with E-state index in [0.29, 0.717) is 35.5 Å². The van der Waals surface area contributed by atoms with Gasteiger partial charge in [-0.2, -0.15) is 4.31 Å². The number of benzene rings is 1. The molecular formula is C16H26N2O2S. The molecule has 1 aliphatic heterocycles. The molecule has 21 heavy (non-hydrogen) atoms. The van der Waals surface area contributed by atoms with Crippen LogP contribution >= 0.6 is 0 Å². The van der Waals surface area contributed by atoms with Gasteiger partial charge in [-0.25, -0.2) is 8.42 Å². The molecule has 0 bridgehead atoms. The molecule has 1 aromatic carbocycles. The van der Waals surface area contributed by atoms with Gasteiger partial charge in [-0.1, -0.05) is 26.0 Å². The summed E-state index contributed by atoms with van der Waals surface area (Å²) in [6.07, 6.45) is 3.03. The molecule has 0 amide bonds. The predicted molar refractivity (Wildman–Crippen MR) is 86.9 cm³/mol. The SMILES string of the molecule is CNc1ccccc1S(=O)(=O)N1CCCC(C(C)C)CC1. The lowest BCUT2D eigenvalue weighted by Gasteiger charge is -2.22. The van der Waals surface area contributed by atoms with E-state index in [4.69, 9.17) is 0 Å². The van der Waals surface area contributed by atoms with Crippen molar-refractivity contribution in [1.29, 1.82) is 0 Å². The average Bonchev–Trinajstić information content (AvgIpc) is 2.73. The number of anilines is 1. The van der Waals surface area contributed by atoms with E-state index in [0.717, 1.165) is 19.3 Å². The van der Waals surface area contributed by atoms with Crippen LogP contribution in [0.2, 0.25) is 0 Å². The number of rotatable bonds is 4. The van der Waals surface area contributed by atoms with Crippen molar-refractivity contribution in [2.24, 2.45) is 11.8 Å². The van der Waals surface area contributed by atoms with Crippen LogP contribution in [0.4, 0.5) is 5.69 Å². The highest BCUT2D eigenvalue weighted by Crippen LogP contribution is 2.29. The molecule has 0 radical (unpaired) electrons. The van der Waals surface area contributed by atoms with E-state index in [9.17, 15) is 8.42 Å². The predicted octanol–water partition coefficient (Wildman–Crippen LogP) is 3.18. The molecule has 0 spiro atoms. The van der Waals surface area contributed by atoms with Gasteiger partial charge in [0.1, 0.15) is 4.90 Å². The van der Waals surface area contributed by atoms with Crippen LogP contribution in [0.15, 0.2) is 29.2 Å². The molecule has 4 nitrogen and oxygen atoms in total. The van der Waals surface area contributed by atoms with Crippen LogP contribution in [0, 0.1) is 11.8 Å². The summed E-state index contributed by atoms with van der Waals surface area (Å²) in [6.45, 7) is 5.71. The molecule has 118 valence electrons. The van der Waals surface area contributed by atoms with Crippen molar-refractivity contribution in [3.8, 4) is 0 Å². The normalized spacial score (nSPS) is 21.2. The first-order valence-corrected chi connectivity index (χ1v) is 9.17. The lowest BCUT2D eigenvalue weighted by molar-refractivity contribution is 0.341. The highest BCUT2D eigenvalue weighted by Gasteiger charge is 2.29. The monoisotopic (exact) mass is 310 g/mol. The molecule has 0 saturated carbocycles. The molecule has 1 aliphatic rings. The summed E-state index contributed by atoms with van der Waals surface area (Å²) in [7, 11) is -1.65. The maximum Gasteiger partial charge on any atom is 0.245 e. The highest BCUT2D eigenvalue weighted by atomic mass is 32.2. The molecule has 2 rings (SSSR count). The van der Waals surface area contributed by atoms with E-state index >= 15 is 0 Å². The third-order valence-corrected chi connectivity index (χ3v) is 6.41. The van der Waals surface area contributed by atoms with Gasteiger partial charge >= 0.3 is 0 Å². The minimum atomic E-state index is -3.41. The second-order valence-corrected chi connectivity index (χ2v) is 7.99. The number of hydrogen-bond acceptors (Lipinski definition) is 3. The summed E-state index contributed by atoms with van der Waals surface area (Å²) in [4.78, 5) is 0.385. The number of para-hydroxylation sites is 1. The molecule has 0 aliphatic carbocycles. The minimum absolute atomic E-state index is 0.385. The van der Waals surface area contributed by atoms with Crippen molar-refractivity contribution in [2.75, 3.05) is 25.5 Å². The Labute approximate surface area is 128 Å². The van der Waals surface area contributed by atoms with Crippen LogP contribution < -0.4 is 5.32 Å². The van der Waals surface area contributed by atoms with Gasteiger partial charge in [0.25, 0.3) is 0 Å². The smallest absolute Gasteiger partial charge is 0.245 e. The van der Waals surface area contributed by atoms with Crippen molar-refractivity contribution in [1.82, 2.24) is 4.31 Å². The molecule has 1 atom stereocenters. The quantitative estimate of drug-likeness (QED) is 0.929. The summed E-state index contributed by atoms with van der Waals surface area (Å²) >= 11 is 0. The van der Waals surface area contributed by atoms with Gasteiger partial charge in [0.15, 0.2) is 0 Å².